The highest BCUT2D eigenvalue weighted by molar-refractivity contribution is 7.92. The fourth-order valence-electron chi connectivity index (χ4n) is 2.03. The van der Waals surface area contributed by atoms with Crippen LogP contribution in [0.15, 0.2) is 53.4 Å². The van der Waals surface area contributed by atoms with Gasteiger partial charge in [0, 0.05) is 6.54 Å². The summed E-state index contributed by atoms with van der Waals surface area (Å²) in [6.45, 7) is 4.08. The van der Waals surface area contributed by atoms with Crippen molar-refractivity contribution in [2.45, 2.75) is 18.7 Å². The van der Waals surface area contributed by atoms with Crippen LogP contribution in [0.4, 0.5) is 5.69 Å². The zero-order valence-corrected chi connectivity index (χ0v) is 12.8. The van der Waals surface area contributed by atoms with Crippen LogP contribution >= 0.6 is 0 Å². The first-order chi connectivity index (χ1) is 9.98. The number of sulfonamides is 1. The van der Waals surface area contributed by atoms with Gasteiger partial charge in [-0.2, -0.15) is 5.26 Å². The molecule has 0 bridgehead atoms. The van der Waals surface area contributed by atoms with E-state index in [0.29, 0.717) is 17.8 Å². The van der Waals surface area contributed by atoms with Gasteiger partial charge in [-0.05, 0) is 50.2 Å². The fourth-order valence-corrected chi connectivity index (χ4v) is 3.50. The Morgan fingerprint density at radius 2 is 1.62 bits per heavy atom. The first-order valence-corrected chi connectivity index (χ1v) is 8.02. The second kappa shape index (κ2) is 5.98. The number of benzene rings is 2. The molecule has 0 heterocycles. The van der Waals surface area contributed by atoms with Gasteiger partial charge in [-0.25, -0.2) is 8.42 Å². The van der Waals surface area contributed by atoms with Crippen molar-refractivity contribution in [3.63, 3.8) is 0 Å². The molecule has 0 atom stereocenters. The van der Waals surface area contributed by atoms with Gasteiger partial charge in [0.2, 0.25) is 0 Å². The average Bonchev–Trinajstić information content (AvgIpc) is 2.50. The van der Waals surface area contributed by atoms with Crippen LogP contribution in [-0.2, 0) is 10.0 Å². The minimum Gasteiger partial charge on any atom is -0.267 e. The van der Waals surface area contributed by atoms with Crippen LogP contribution in [0, 0.1) is 18.3 Å². The molecule has 108 valence electrons. The molecule has 2 rings (SSSR count). The van der Waals surface area contributed by atoms with Crippen molar-refractivity contribution in [2.75, 3.05) is 10.8 Å². The number of hydrogen-bond donors (Lipinski definition) is 0. The summed E-state index contributed by atoms with van der Waals surface area (Å²) in [5.41, 5.74) is 2.14. The van der Waals surface area contributed by atoms with Crippen LogP contribution in [0.2, 0.25) is 0 Å². The maximum absolute atomic E-state index is 12.7. The monoisotopic (exact) mass is 300 g/mol. The number of aryl methyl sites for hydroxylation is 1. The van der Waals surface area contributed by atoms with E-state index in [1.807, 2.05) is 25.1 Å². The van der Waals surface area contributed by atoms with Crippen molar-refractivity contribution in [1.82, 2.24) is 0 Å². The van der Waals surface area contributed by atoms with Gasteiger partial charge in [0.25, 0.3) is 10.0 Å². The predicted octanol–water partition coefficient (Wildman–Crippen LogP) is 3.08. The fraction of sp³-hybridized carbons (Fsp3) is 0.188. The molecule has 0 saturated heterocycles. The van der Waals surface area contributed by atoms with Gasteiger partial charge in [0.1, 0.15) is 0 Å². The summed E-state index contributed by atoms with van der Waals surface area (Å²) < 4.78 is 26.7. The molecule has 0 unspecified atom stereocenters. The lowest BCUT2D eigenvalue weighted by Gasteiger charge is -2.23. The van der Waals surface area contributed by atoms with Gasteiger partial charge < -0.3 is 0 Å². The molecular formula is C16H16N2O2S. The normalized spacial score (nSPS) is 10.9. The zero-order valence-electron chi connectivity index (χ0n) is 11.9. The summed E-state index contributed by atoms with van der Waals surface area (Å²) in [5, 5.41) is 8.78. The molecule has 21 heavy (non-hydrogen) atoms. The summed E-state index contributed by atoms with van der Waals surface area (Å²) in [6, 6.07) is 15.3. The lowest BCUT2D eigenvalue weighted by molar-refractivity contribution is 0.592. The summed E-state index contributed by atoms with van der Waals surface area (Å²) in [4.78, 5) is 0.184. The third kappa shape index (κ3) is 3.06. The van der Waals surface area contributed by atoms with Crippen molar-refractivity contribution in [3.8, 4) is 6.07 Å². The second-order valence-corrected chi connectivity index (χ2v) is 6.50. The van der Waals surface area contributed by atoms with Gasteiger partial charge in [0.15, 0.2) is 0 Å². The van der Waals surface area contributed by atoms with Crippen molar-refractivity contribution in [1.29, 1.82) is 5.26 Å². The van der Waals surface area contributed by atoms with E-state index < -0.39 is 10.0 Å². The maximum Gasteiger partial charge on any atom is 0.264 e. The quantitative estimate of drug-likeness (QED) is 0.871. The maximum atomic E-state index is 12.7. The van der Waals surface area contributed by atoms with E-state index in [1.165, 1.54) is 28.6 Å². The molecule has 0 aromatic heterocycles. The topological polar surface area (TPSA) is 61.2 Å². The molecular weight excluding hydrogens is 284 g/mol. The number of anilines is 1. The Morgan fingerprint density at radius 1 is 1.05 bits per heavy atom. The van der Waals surface area contributed by atoms with E-state index in [1.54, 1.807) is 19.1 Å². The minimum absolute atomic E-state index is 0.184. The number of nitrogens with zero attached hydrogens (tertiary/aromatic N) is 2. The van der Waals surface area contributed by atoms with E-state index in [2.05, 4.69) is 0 Å². The van der Waals surface area contributed by atoms with Gasteiger partial charge in [0.05, 0.1) is 22.2 Å². The van der Waals surface area contributed by atoms with Gasteiger partial charge in [-0.3, -0.25) is 4.31 Å². The molecule has 0 radical (unpaired) electrons. The van der Waals surface area contributed by atoms with E-state index >= 15 is 0 Å². The molecule has 0 fully saturated rings. The highest BCUT2D eigenvalue weighted by atomic mass is 32.2. The SMILES string of the molecule is CCN(c1ccc(C)cc1)S(=O)(=O)c1ccc(C#N)cc1. The second-order valence-electron chi connectivity index (χ2n) is 4.64. The Labute approximate surface area is 125 Å². The van der Waals surface area contributed by atoms with E-state index in [9.17, 15) is 8.42 Å². The lowest BCUT2D eigenvalue weighted by atomic mass is 10.2. The van der Waals surface area contributed by atoms with Crippen molar-refractivity contribution >= 4 is 15.7 Å². The number of hydrogen-bond acceptors (Lipinski definition) is 3. The molecule has 0 N–H and O–H groups in total. The highest BCUT2D eigenvalue weighted by Gasteiger charge is 2.23. The first kappa shape index (κ1) is 15.1. The van der Waals surface area contributed by atoms with Crippen LogP contribution in [0.25, 0.3) is 0 Å². The largest absolute Gasteiger partial charge is 0.267 e. The smallest absolute Gasteiger partial charge is 0.264 e. The zero-order chi connectivity index (χ0) is 15.5. The van der Waals surface area contributed by atoms with Gasteiger partial charge in [-0.15, -0.1) is 0 Å². The Bertz CT molecular complexity index is 757. The predicted molar refractivity (Wildman–Crippen MR) is 82.5 cm³/mol. The standard InChI is InChI=1S/C16H16N2O2S/c1-3-18(15-8-4-13(2)5-9-15)21(19,20)16-10-6-14(12-17)7-11-16/h4-11H,3H2,1-2H3. The van der Waals surface area contributed by atoms with E-state index in [4.69, 9.17) is 5.26 Å². The number of nitriles is 1. The molecule has 0 aliphatic carbocycles. The van der Waals surface area contributed by atoms with Crippen LogP contribution in [0.3, 0.4) is 0 Å². The van der Waals surface area contributed by atoms with Crippen LogP contribution in [0.5, 0.6) is 0 Å². The molecule has 0 amide bonds. The Kier molecular flexibility index (Phi) is 4.29. The molecule has 0 spiro atoms. The first-order valence-electron chi connectivity index (χ1n) is 6.58. The van der Waals surface area contributed by atoms with Crippen molar-refractivity contribution in [2.24, 2.45) is 0 Å². The van der Waals surface area contributed by atoms with Crippen molar-refractivity contribution in [3.05, 3.63) is 59.7 Å². The summed E-state index contributed by atoms with van der Waals surface area (Å²) in [7, 11) is -3.62. The van der Waals surface area contributed by atoms with E-state index in [0.717, 1.165) is 5.56 Å². The third-order valence-electron chi connectivity index (χ3n) is 3.18. The Balaban J connectivity index is 2.44. The van der Waals surface area contributed by atoms with E-state index in [-0.39, 0.29) is 4.90 Å². The van der Waals surface area contributed by atoms with Crippen LogP contribution < -0.4 is 4.31 Å². The molecule has 0 aliphatic heterocycles. The Morgan fingerprint density at radius 3 is 2.10 bits per heavy atom. The molecule has 2 aromatic carbocycles. The molecule has 5 heteroatoms. The van der Waals surface area contributed by atoms with Gasteiger partial charge in [-0.1, -0.05) is 17.7 Å². The molecule has 0 saturated carbocycles. The molecule has 2 aromatic rings. The van der Waals surface area contributed by atoms with Gasteiger partial charge >= 0.3 is 0 Å². The number of rotatable bonds is 4. The summed E-state index contributed by atoms with van der Waals surface area (Å²) in [6.07, 6.45) is 0. The van der Waals surface area contributed by atoms with Crippen LogP contribution in [0.1, 0.15) is 18.1 Å². The van der Waals surface area contributed by atoms with Crippen molar-refractivity contribution < 1.29 is 8.42 Å². The molecule has 0 aliphatic rings. The Hall–Kier alpha value is -2.32. The lowest BCUT2D eigenvalue weighted by Crippen LogP contribution is -2.30. The minimum atomic E-state index is -3.62. The summed E-state index contributed by atoms with van der Waals surface area (Å²) in [5.74, 6) is 0. The summed E-state index contributed by atoms with van der Waals surface area (Å²) >= 11 is 0. The highest BCUT2D eigenvalue weighted by Crippen LogP contribution is 2.23. The average molecular weight is 300 g/mol. The third-order valence-corrected chi connectivity index (χ3v) is 5.10. The molecule has 4 nitrogen and oxygen atoms in total. The van der Waals surface area contributed by atoms with Crippen LogP contribution in [-0.4, -0.2) is 15.0 Å².